The Labute approximate surface area is 178 Å². The van der Waals surface area contributed by atoms with E-state index >= 15 is 0 Å². The highest BCUT2D eigenvalue weighted by Crippen LogP contribution is 2.32. The molecule has 1 aliphatic carbocycles. The van der Waals surface area contributed by atoms with Gasteiger partial charge in [0.1, 0.15) is 12.1 Å². The number of fused-ring (bicyclic) bond motifs is 1. The first-order valence-corrected chi connectivity index (χ1v) is 10.7. The summed E-state index contributed by atoms with van der Waals surface area (Å²) in [4.78, 5) is 41.7. The van der Waals surface area contributed by atoms with Gasteiger partial charge in [-0.25, -0.2) is 4.79 Å². The first-order chi connectivity index (χ1) is 13.8. The summed E-state index contributed by atoms with van der Waals surface area (Å²) in [6.45, 7) is 1.79. The zero-order valence-corrected chi connectivity index (χ0v) is 17.9. The van der Waals surface area contributed by atoms with Crippen molar-refractivity contribution in [2.45, 2.75) is 38.3 Å². The highest BCUT2D eigenvalue weighted by atomic mass is 35.5. The molecule has 152 valence electrons. The SMILES string of the molecule is CN(Cc1ccc(Cl)s1)C(=O)CN1C(=O)N[C@](C)(c2ccc3c(c2)CCC3)C1=O. The lowest BCUT2D eigenvalue weighted by Crippen LogP contribution is -2.43. The quantitative estimate of drug-likeness (QED) is 0.738. The Morgan fingerprint density at radius 3 is 2.72 bits per heavy atom. The van der Waals surface area contributed by atoms with Crippen LogP contribution in [0.5, 0.6) is 0 Å². The number of imide groups is 1. The Balaban J connectivity index is 1.48. The van der Waals surface area contributed by atoms with Crippen LogP contribution in [0.1, 0.15) is 34.9 Å². The normalized spacial score (nSPS) is 20.7. The number of likely N-dealkylation sites (N-methyl/N-ethyl adjacent to an activating group) is 1. The van der Waals surface area contributed by atoms with Gasteiger partial charge >= 0.3 is 6.03 Å². The van der Waals surface area contributed by atoms with Crippen molar-refractivity contribution < 1.29 is 14.4 Å². The number of rotatable bonds is 5. The van der Waals surface area contributed by atoms with Gasteiger partial charge in [0.15, 0.2) is 0 Å². The molecule has 2 aromatic rings. The van der Waals surface area contributed by atoms with Gasteiger partial charge < -0.3 is 10.2 Å². The third kappa shape index (κ3) is 3.65. The molecule has 4 amide bonds. The second-order valence-corrected chi connectivity index (χ2v) is 9.54. The molecule has 0 radical (unpaired) electrons. The van der Waals surface area contributed by atoms with E-state index in [1.807, 2.05) is 24.3 Å². The van der Waals surface area contributed by atoms with Crippen LogP contribution in [0, 0.1) is 0 Å². The first-order valence-electron chi connectivity index (χ1n) is 9.52. The van der Waals surface area contributed by atoms with Crippen LogP contribution in [0.3, 0.4) is 0 Å². The van der Waals surface area contributed by atoms with Gasteiger partial charge in [-0.05, 0) is 55.0 Å². The Kier molecular flexibility index (Phi) is 5.12. The number of carbonyl (C=O) groups excluding carboxylic acids is 3. The van der Waals surface area contributed by atoms with Crippen LogP contribution in [-0.4, -0.2) is 41.2 Å². The molecule has 1 saturated heterocycles. The molecule has 1 aliphatic heterocycles. The van der Waals surface area contributed by atoms with Crippen LogP contribution >= 0.6 is 22.9 Å². The summed E-state index contributed by atoms with van der Waals surface area (Å²) in [5.74, 6) is -0.711. The molecule has 1 aromatic carbocycles. The van der Waals surface area contributed by atoms with Crippen LogP contribution in [0.25, 0.3) is 0 Å². The third-order valence-electron chi connectivity index (χ3n) is 5.69. The van der Waals surface area contributed by atoms with Crippen molar-refractivity contribution in [2.75, 3.05) is 13.6 Å². The summed E-state index contributed by atoms with van der Waals surface area (Å²) < 4.78 is 0.653. The fourth-order valence-corrected chi connectivity index (χ4v) is 5.07. The van der Waals surface area contributed by atoms with E-state index in [2.05, 4.69) is 5.32 Å². The summed E-state index contributed by atoms with van der Waals surface area (Å²) in [5.41, 5.74) is 2.13. The first kappa shape index (κ1) is 19.9. The summed E-state index contributed by atoms with van der Waals surface area (Å²) in [7, 11) is 1.65. The van der Waals surface area contributed by atoms with Crippen molar-refractivity contribution in [1.82, 2.24) is 15.1 Å². The highest BCUT2D eigenvalue weighted by molar-refractivity contribution is 7.16. The number of thiophene rings is 1. The Morgan fingerprint density at radius 1 is 1.24 bits per heavy atom. The maximum Gasteiger partial charge on any atom is 0.325 e. The van der Waals surface area contributed by atoms with Gasteiger partial charge in [0, 0.05) is 11.9 Å². The molecule has 4 rings (SSSR count). The van der Waals surface area contributed by atoms with E-state index in [1.54, 1.807) is 20.0 Å². The van der Waals surface area contributed by atoms with E-state index in [4.69, 9.17) is 11.6 Å². The summed E-state index contributed by atoms with van der Waals surface area (Å²) >= 11 is 7.33. The molecule has 2 aliphatic rings. The lowest BCUT2D eigenvalue weighted by molar-refractivity contribution is -0.138. The summed E-state index contributed by atoms with van der Waals surface area (Å²) in [6, 6.07) is 9.04. The van der Waals surface area contributed by atoms with Crippen molar-refractivity contribution in [2.24, 2.45) is 0 Å². The average Bonchev–Trinajstić information content (AvgIpc) is 3.37. The standard InChI is InChI=1S/C21H22ClN3O3S/c1-21(15-7-6-13-4-3-5-14(13)10-15)19(27)25(20(28)23-21)12-18(26)24(2)11-16-8-9-17(22)29-16/h6-10H,3-5,11-12H2,1-2H3,(H,23,28)/t21-/m1/s1. The van der Waals surface area contributed by atoms with Gasteiger partial charge in [0.2, 0.25) is 5.91 Å². The molecule has 1 atom stereocenters. The number of urea groups is 1. The number of halogens is 1. The van der Waals surface area contributed by atoms with Gasteiger partial charge in [0.05, 0.1) is 10.9 Å². The molecule has 2 heterocycles. The molecule has 0 bridgehead atoms. The number of carbonyl (C=O) groups is 3. The number of nitrogens with one attached hydrogen (secondary N) is 1. The number of aryl methyl sites for hydroxylation is 2. The van der Waals surface area contributed by atoms with Crippen LogP contribution in [-0.2, 0) is 34.5 Å². The van der Waals surface area contributed by atoms with Crippen molar-refractivity contribution in [3.05, 3.63) is 56.2 Å². The van der Waals surface area contributed by atoms with Crippen LogP contribution in [0.2, 0.25) is 4.34 Å². The van der Waals surface area contributed by atoms with Crippen LogP contribution < -0.4 is 5.32 Å². The van der Waals surface area contributed by atoms with E-state index in [0.29, 0.717) is 10.9 Å². The van der Waals surface area contributed by atoms with Gasteiger partial charge in [-0.3, -0.25) is 14.5 Å². The fraction of sp³-hybridized carbons (Fsp3) is 0.381. The zero-order chi connectivity index (χ0) is 20.8. The molecule has 0 spiro atoms. The van der Waals surface area contributed by atoms with E-state index in [0.717, 1.165) is 34.6 Å². The summed E-state index contributed by atoms with van der Waals surface area (Å²) in [6.07, 6.45) is 3.15. The second kappa shape index (κ2) is 7.46. The highest BCUT2D eigenvalue weighted by Gasteiger charge is 2.49. The molecule has 6 nitrogen and oxygen atoms in total. The number of amides is 4. The van der Waals surface area contributed by atoms with E-state index in [9.17, 15) is 14.4 Å². The minimum Gasteiger partial charge on any atom is -0.339 e. The van der Waals surface area contributed by atoms with Crippen molar-refractivity contribution in [3.63, 3.8) is 0 Å². The summed E-state index contributed by atoms with van der Waals surface area (Å²) in [5, 5.41) is 2.79. The third-order valence-corrected chi connectivity index (χ3v) is 6.91. The van der Waals surface area contributed by atoms with Gasteiger partial charge in [-0.2, -0.15) is 0 Å². The molecule has 1 N–H and O–H groups in total. The number of hydrogen-bond donors (Lipinski definition) is 1. The lowest BCUT2D eigenvalue weighted by atomic mass is 9.89. The van der Waals surface area contributed by atoms with Gasteiger partial charge in [-0.1, -0.05) is 29.8 Å². The molecular weight excluding hydrogens is 410 g/mol. The van der Waals surface area contributed by atoms with Crippen molar-refractivity contribution in [1.29, 1.82) is 0 Å². The minimum absolute atomic E-state index is 0.291. The monoisotopic (exact) mass is 431 g/mol. The number of nitrogens with zero attached hydrogens (tertiary/aromatic N) is 2. The van der Waals surface area contributed by atoms with E-state index < -0.39 is 17.5 Å². The number of benzene rings is 1. The Morgan fingerprint density at radius 2 is 2.00 bits per heavy atom. The number of hydrogen-bond acceptors (Lipinski definition) is 4. The van der Waals surface area contributed by atoms with Crippen molar-refractivity contribution >= 4 is 40.8 Å². The van der Waals surface area contributed by atoms with Crippen molar-refractivity contribution in [3.8, 4) is 0 Å². The van der Waals surface area contributed by atoms with E-state index in [-0.39, 0.29) is 12.5 Å². The van der Waals surface area contributed by atoms with Gasteiger partial charge in [0.25, 0.3) is 5.91 Å². The lowest BCUT2D eigenvalue weighted by Gasteiger charge is -2.24. The fourth-order valence-electron chi connectivity index (χ4n) is 3.93. The average molecular weight is 432 g/mol. The predicted molar refractivity (Wildman–Crippen MR) is 112 cm³/mol. The maximum absolute atomic E-state index is 13.1. The molecule has 0 saturated carbocycles. The Bertz CT molecular complexity index is 1000. The smallest absolute Gasteiger partial charge is 0.325 e. The topological polar surface area (TPSA) is 69.7 Å². The molecule has 1 fully saturated rings. The Hall–Kier alpha value is -2.38. The second-order valence-electron chi connectivity index (χ2n) is 7.74. The van der Waals surface area contributed by atoms with Gasteiger partial charge in [-0.15, -0.1) is 11.3 Å². The molecule has 29 heavy (non-hydrogen) atoms. The zero-order valence-electron chi connectivity index (χ0n) is 16.3. The molecular formula is C21H22ClN3O3S. The molecule has 8 heteroatoms. The molecule has 0 unspecified atom stereocenters. The van der Waals surface area contributed by atoms with Crippen LogP contribution in [0.4, 0.5) is 4.79 Å². The molecule has 1 aromatic heterocycles. The largest absolute Gasteiger partial charge is 0.339 e. The van der Waals surface area contributed by atoms with E-state index in [1.165, 1.54) is 27.4 Å². The van der Waals surface area contributed by atoms with Crippen LogP contribution in [0.15, 0.2) is 30.3 Å². The maximum atomic E-state index is 13.1. The predicted octanol–water partition coefficient (Wildman–Crippen LogP) is 3.32. The minimum atomic E-state index is -1.16.